The number of rotatable bonds is 5. The van der Waals surface area contributed by atoms with E-state index in [2.05, 4.69) is 61.0 Å². The smallest absolute Gasteiger partial charge is 0.0187 e. The van der Waals surface area contributed by atoms with E-state index in [1.807, 2.05) is 0 Å². The van der Waals surface area contributed by atoms with Gasteiger partial charge < -0.3 is 0 Å². The summed E-state index contributed by atoms with van der Waals surface area (Å²) in [5.41, 5.74) is 0. The van der Waals surface area contributed by atoms with E-state index in [1.54, 1.807) is 45.1 Å². The molecular formula is C14H14S4. The predicted octanol–water partition coefficient (Wildman–Crippen LogP) is 5.93. The molecule has 0 saturated carbocycles. The van der Waals surface area contributed by atoms with Gasteiger partial charge in [-0.1, -0.05) is 21.6 Å². The van der Waals surface area contributed by atoms with Gasteiger partial charge in [0, 0.05) is 19.6 Å². The standard InChI is InChI=1S/C14H14S4/c1-15-11-3-7-13(8-4-11)17-18-14-9-5-12(16-2)6-10-14/h3-10H,1-2H3. The SMILES string of the molecule is CSc1ccc(SSc2ccc(SC)cc2)cc1. The summed E-state index contributed by atoms with van der Waals surface area (Å²) in [7, 11) is 3.61. The molecule has 18 heavy (non-hydrogen) atoms. The first kappa shape index (κ1) is 14.3. The highest BCUT2D eigenvalue weighted by molar-refractivity contribution is 8.76. The highest BCUT2D eigenvalue weighted by Gasteiger charge is 1.98. The molecule has 0 aliphatic carbocycles. The van der Waals surface area contributed by atoms with Crippen molar-refractivity contribution in [2.24, 2.45) is 0 Å². The Morgan fingerprint density at radius 1 is 0.500 bits per heavy atom. The number of hydrogen-bond acceptors (Lipinski definition) is 4. The lowest BCUT2D eigenvalue weighted by Gasteiger charge is -2.03. The van der Waals surface area contributed by atoms with Crippen molar-refractivity contribution in [3.05, 3.63) is 48.5 Å². The van der Waals surface area contributed by atoms with E-state index in [4.69, 9.17) is 0 Å². The quantitative estimate of drug-likeness (QED) is 0.495. The van der Waals surface area contributed by atoms with Crippen molar-refractivity contribution in [2.45, 2.75) is 19.6 Å². The Labute approximate surface area is 125 Å². The van der Waals surface area contributed by atoms with Gasteiger partial charge >= 0.3 is 0 Å². The minimum absolute atomic E-state index is 1.30. The predicted molar refractivity (Wildman–Crippen MR) is 88.2 cm³/mol. The Morgan fingerprint density at radius 3 is 1.06 bits per heavy atom. The first-order chi connectivity index (χ1) is 8.81. The van der Waals surface area contributed by atoms with Crippen LogP contribution in [0.4, 0.5) is 0 Å². The van der Waals surface area contributed by atoms with Crippen molar-refractivity contribution < 1.29 is 0 Å². The van der Waals surface area contributed by atoms with Gasteiger partial charge in [-0.2, -0.15) is 0 Å². The van der Waals surface area contributed by atoms with E-state index < -0.39 is 0 Å². The molecule has 0 unspecified atom stereocenters. The zero-order valence-corrected chi connectivity index (χ0v) is 13.5. The Balaban J connectivity index is 1.93. The largest absolute Gasteiger partial charge is 0.130 e. The Kier molecular flexibility index (Phi) is 5.89. The molecule has 94 valence electrons. The van der Waals surface area contributed by atoms with Crippen molar-refractivity contribution >= 4 is 45.1 Å². The van der Waals surface area contributed by atoms with E-state index >= 15 is 0 Å². The van der Waals surface area contributed by atoms with Crippen molar-refractivity contribution in [1.29, 1.82) is 0 Å². The summed E-state index contributed by atoms with van der Waals surface area (Å²) < 4.78 is 0. The third-order valence-corrected chi connectivity index (χ3v) is 6.26. The molecule has 0 aromatic heterocycles. The molecule has 0 nitrogen and oxygen atoms in total. The lowest BCUT2D eigenvalue weighted by atomic mass is 10.4. The van der Waals surface area contributed by atoms with Gasteiger partial charge in [0.05, 0.1) is 0 Å². The molecule has 0 radical (unpaired) electrons. The van der Waals surface area contributed by atoms with E-state index in [0.717, 1.165) is 0 Å². The summed E-state index contributed by atoms with van der Waals surface area (Å²) in [4.78, 5) is 5.22. The second-order valence-corrected chi connectivity index (χ2v) is 7.55. The van der Waals surface area contributed by atoms with Gasteiger partial charge in [0.1, 0.15) is 0 Å². The molecular weight excluding hydrogens is 296 g/mol. The average Bonchev–Trinajstić information content (AvgIpc) is 2.46. The maximum atomic E-state index is 2.18. The number of hydrogen-bond donors (Lipinski definition) is 0. The summed E-state index contributed by atoms with van der Waals surface area (Å²) in [6, 6.07) is 17.4. The maximum absolute atomic E-state index is 2.18. The fourth-order valence-electron chi connectivity index (χ4n) is 1.36. The Bertz CT molecular complexity index is 429. The summed E-state index contributed by atoms with van der Waals surface area (Å²) in [6.45, 7) is 0. The molecule has 0 aliphatic rings. The van der Waals surface area contributed by atoms with Crippen LogP contribution in [0.1, 0.15) is 0 Å². The molecule has 0 saturated heterocycles. The minimum atomic E-state index is 1.30. The third kappa shape index (κ3) is 4.19. The molecule has 0 spiro atoms. The van der Waals surface area contributed by atoms with Gasteiger partial charge in [-0.25, -0.2) is 0 Å². The molecule has 2 rings (SSSR count). The summed E-state index contributed by atoms with van der Waals surface area (Å²) >= 11 is 3.56. The lowest BCUT2D eigenvalue weighted by molar-refractivity contribution is 1.36. The zero-order chi connectivity index (χ0) is 12.8. The van der Waals surface area contributed by atoms with Crippen LogP contribution in [-0.4, -0.2) is 12.5 Å². The highest BCUT2D eigenvalue weighted by atomic mass is 33.1. The molecule has 0 heterocycles. The molecule has 2 aromatic carbocycles. The summed E-state index contributed by atoms with van der Waals surface area (Å²) in [5.74, 6) is 0. The Morgan fingerprint density at radius 2 is 0.778 bits per heavy atom. The fourth-order valence-corrected chi connectivity index (χ4v) is 4.11. The van der Waals surface area contributed by atoms with Crippen LogP contribution >= 0.6 is 45.1 Å². The van der Waals surface area contributed by atoms with Crippen LogP contribution in [0.2, 0.25) is 0 Å². The van der Waals surface area contributed by atoms with E-state index in [1.165, 1.54) is 19.6 Å². The third-order valence-electron chi connectivity index (χ3n) is 2.35. The molecule has 0 fully saturated rings. The van der Waals surface area contributed by atoms with Crippen LogP contribution < -0.4 is 0 Å². The van der Waals surface area contributed by atoms with Gasteiger partial charge in [-0.3, -0.25) is 0 Å². The molecule has 2 aromatic rings. The molecule has 0 N–H and O–H groups in total. The monoisotopic (exact) mass is 310 g/mol. The van der Waals surface area contributed by atoms with Crippen LogP contribution in [0.5, 0.6) is 0 Å². The van der Waals surface area contributed by atoms with Crippen molar-refractivity contribution in [1.82, 2.24) is 0 Å². The minimum Gasteiger partial charge on any atom is -0.130 e. The fraction of sp³-hybridized carbons (Fsp3) is 0.143. The van der Waals surface area contributed by atoms with Crippen LogP contribution in [0.25, 0.3) is 0 Å². The van der Waals surface area contributed by atoms with Gasteiger partial charge in [0.2, 0.25) is 0 Å². The number of benzene rings is 2. The summed E-state index contributed by atoms with van der Waals surface area (Å²) in [5, 5.41) is 0. The van der Waals surface area contributed by atoms with Crippen LogP contribution in [0.15, 0.2) is 68.1 Å². The van der Waals surface area contributed by atoms with E-state index in [9.17, 15) is 0 Å². The zero-order valence-electron chi connectivity index (χ0n) is 10.3. The van der Waals surface area contributed by atoms with Gasteiger partial charge in [-0.15, -0.1) is 23.5 Å². The number of thioether (sulfide) groups is 2. The summed E-state index contributed by atoms with van der Waals surface area (Å²) in [6.07, 6.45) is 4.20. The average molecular weight is 311 g/mol. The molecule has 0 amide bonds. The Hall–Kier alpha value is -0.160. The van der Waals surface area contributed by atoms with Gasteiger partial charge in [0.15, 0.2) is 0 Å². The molecule has 4 heteroatoms. The van der Waals surface area contributed by atoms with Crippen LogP contribution in [-0.2, 0) is 0 Å². The van der Waals surface area contributed by atoms with Crippen molar-refractivity contribution in [3.63, 3.8) is 0 Å². The van der Waals surface area contributed by atoms with Crippen molar-refractivity contribution in [3.8, 4) is 0 Å². The second-order valence-electron chi connectivity index (χ2n) is 3.52. The van der Waals surface area contributed by atoms with Gasteiger partial charge in [-0.05, 0) is 61.0 Å². The van der Waals surface area contributed by atoms with E-state index in [0.29, 0.717) is 0 Å². The van der Waals surface area contributed by atoms with Gasteiger partial charge in [0.25, 0.3) is 0 Å². The normalized spacial score (nSPS) is 10.6. The lowest BCUT2D eigenvalue weighted by Crippen LogP contribution is -1.72. The topological polar surface area (TPSA) is 0 Å². The molecule has 0 atom stereocenters. The van der Waals surface area contributed by atoms with Crippen LogP contribution in [0.3, 0.4) is 0 Å². The molecule has 0 aliphatic heterocycles. The first-order valence-corrected chi connectivity index (χ1v) is 10.0. The first-order valence-electron chi connectivity index (χ1n) is 5.44. The molecule has 0 bridgehead atoms. The maximum Gasteiger partial charge on any atom is 0.0187 e. The second kappa shape index (κ2) is 7.43. The van der Waals surface area contributed by atoms with Crippen LogP contribution in [0, 0.1) is 0 Å². The van der Waals surface area contributed by atoms with E-state index in [-0.39, 0.29) is 0 Å². The van der Waals surface area contributed by atoms with Crippen molar-refractivity contribution in [2.75, 3.05) is 12.5 Å². The highest BCUT2D eigenvalue weighted by Crippen LogP contribution is 2.38.